The van der Waals surface area contributed by atoms with Crippen molar-refractivity contribution in [2.75, 3.05) is 0 Å². The molecule has 68 valence electrons. The quantitative estimate of drug-likeness (QED) is 0.699. The van der Waals surface area contributed by atoms with E-state index in [4.69, 9.17) is 5.11 Å². The van der Waals surface area contributed by atoms with E-state index in [0.717, 1.165) is 9.60 Å². The van der Waals surface area contributed by atoms with Crippen LogP contribution in [0.4, 0.5) is 4.39 Å². The molecule has 0 radical (unpaired) electrons. The van der Waals surface area contributed by atoms with Crippen molar-refractivity contribution in [3.63, 3.8) is 0 Å². The Kier molecular flexibility index (Phi) is 2.27. The van der Waals surface area contributed by atoms with Gasteiger partial charge in [0.25, 0.3) is 0 Å². The molecule has 0 amide bonds. The zero-order valence-corrected chi connectivity index (χ0v) is 8.33. The van der Waals surface area contributed by atoms with Gasteiger partial charge in [-0.05, 0) is 11.5 Å². The normalized spacial score (nSPS) is 11.0. The first kappa shape index (κ1) is 8.99. The number of thiol groups is 1. The van der Waals surface area contributed by atoms with Gasteiger partial charge in [0.1, 0.15) is 5.82 Å². The van der Waals surface area contributed by atoms with E-state index in [9.17, 15) is 4.39 Å². The maximum Gasteiger partial charge on any atom is 0.146 e. The second-order valence-electron chi connectivity index (χ2n) is 2.70. The molecule has 2 rings (SSSR count). The highest BCUT2D eigenvalue weighted by molar-refractivity contribution is 7.83. The fourth-order valence-corrected chi connectivity index (χ4v) is 2.49. The van der Waals surface area contributed by atoms with Gasteiger partial charge in [-0.25, -0.2) is 4.39 Å². The lowest BCUT2D eigenvalue weighted by Gasteiger charge is -1.98. The number of benzene rings is 1. The van der Waals surface area contributed by atoms with E-state index >= 15 is 0 Å². The lowest BCUT2D eigenvalue weighted by atomic mass is 10.2. The van der Waals surface area contributed by atoms with Crippen molar-refractivity contribution >= 4 is 34.1 Å². The first-order valence-electron chi connectivity index (χ1n) is 3.73. The van der Waals surface area contributed by atoms with E-state index in [1.807, 2.05) is 6.07 Å². The molecule has 13 heavy (non-hydrogen) atoms. The first-order chi connectivity index (χ1) is 6.22. The van der Waals surface area contributed by atoms with Gasteiger partial charge in [-0.15, -0.1) is 24.0 Å². The van der Waals surface area contributed by atoms with Crippen molar-refractivity contribution in [1.29, 1.82) is 0 Å². The van der Waals surface area contributed by atoms with E-state index in [0.29, 0.717) is 10.3 Å². The third-order valence-corrected chi connectivity index (χ3v) is 3.21. The zero-order valence-electron chi connectivity index (χ0n) is 6.62. The van der Waals surface area contributed by atoms with Crippen LogP contribution in [0.1, 0.15) is 5.56 Å². The highest BCUT2D eigenvalue weighted by Gasteiger charge is 2.08. The molecule has 0 spiro atoms. The molecule has 2 aromatic rings. The number of rotatable bonds is 1. The van der Waals surface area contributed by atoms with Gasteiger partial charge in [-0.2, -0.15) is 0 Å². The molecule has 1 nitrogen and oxygen atoms in total. The van der Waals surface area contributed by atoms with Crippen LogP contribution in [-0.4, -0.2) is 5.11 Å². The predicted octanol–water partition coefficient (Wildman–Crippen LogP) is 2.82. The average molecular weight is 214 g/mol. The van der Waals surface area contributed by atoms with Gasteiger partial charge in [0.05, 0.1) is 15.5 Å². The van der Waals surface area contributed by atoms with Crippen molar-refractivity contribution in [3.05, 3.63) is 29.6 Å². The number of aliphatic hydroxyl groups is 1. The number of hydrogen-bond donors (Lipinski definition) is 2. The van der Waals surface area contributed by atoms with Crippen LogP contribution in [0.2, 0.25) is 0 Å². The van der Waals surface area contributed by atoms with Gasteiger partial charge in [-0.3, -0.25) is 0 Å². The Morgan fingerprint density at radius 1 is 1.46 bits per heavy atom. The molecule has 0 bridgehead atoms. The summed E-state index contributed by atoms with van der Waals surface area (Å²) in [6, 6.07) is 5.20. The summed E-state index contributed by atoms with van der Waals surface area (Å²) in [5.41, 5.74) is 0.336. The molecule has 0 saturated carbocycles. The Labute approximate surface area is 84.2 Å². The summed E-state index contributed by atoms with van der Waals surface area (Å²) in [5, 5.41) is 9.67. The van der Waals surface area contributed by atoms with Gasteiger partial charge >= 0.3 is 0 Å². The van der Waals surface area contributed by atoms with Gasteiger partial charge in [-0.1, -0.05) is 12.1 Å². The minimum atomic E-state index is -0.328. The minimum Gasteiger partial charge on any atom is -0.392 e. The number of thiophene rings is 1. The topological polar surface area (TPSA) is 20.2 Å². The van der Waals surface area contributed by atoms with Crippen molar-refractivity contribution in [2.24, 2.45) is 0 Å². The van der Waals surface area contributed by atoms with E-state index in [-0.39, 0.29) is 12.4 Å². The molecule has 1 heterocycles. The van der Waals surface area contributed by atoms with Crippen molar-refractivity contribution in [3.8, 4) is 0 Å². The fourth-order valence-electron chi connectivity index (χ4n) is 1.22. The van der Waals surface area contributed by atoms with Crippen LogP contribution in [0.5, 0.6) is 0 Å². The summed E-state index contributed by atoms with van der Waals surface area (Å²) in [7, 11) is 0. The smallest absolute Gasteiger partial charge is 0.146 e. The molecular formula is C9H7FOS2. The Bertz CT molecular complexity index is 450. The molecule has 1 N–H and O–H groups in total. The average Bonchev–Trinajstić information content (AvgIpc) is 2.47. The molecule has 0 atom stereocenters. The molecule has 0 fully saturated rings. The summed E-state index contributed by atoms with van der Waals surface area (Å²) in [5.74, 6) is -0.328. The number of hydrogen-bond acceptors (Lipinski definition) is 3. The van der Waals surface area contributed by atoms with Gasteiger partial charge in [0, 0.05) is 5.56 Å². The summed E-state index contributed by atoms with van der Waals surface area (Å²) in [6.07, 6.45) is 0. The number of fused-ring (bicyclic) bond motifs is 1. The van der Waals surface area contributed by atoms with Crippen LogP contribution in [0.3, 0.4) is 0 Å². The number of aliphatic hydroxyl groups excluding tert-OH is 1. The van der Waals surface area contributed by atoms with Crippen LogP contribution in [-0.2, 0) is 6.61 Å². The summed E-state index contributed by atoms with van der Waals surface area (Å²) in [4.78, 5) is 0. The monoisotopic (exact) mass is 214 g/mol. The fraction of sp³-hybridized carbons (Fsp3) is 0.111. The van der Waals surface area contributed by atoms with E-state index in [1.165, 1.54) is 11.3 Å². The molecular weight excluding hydrogens is 207 g/mol. The first-order valence-corrected chi connectivity index (χ1v) is 4.99. The van der Waals surface area contributed by atoms with Crippen molar-refractivity contribution < 1.29 is 9.50 Å². The summed E-state index contributed by atoms with van der Waals surface area (Å²) in [6.45, 7) is -0.262. The largest absolute Gasteiger partial charge is 0.392 e. The van der Waals surface area contributed by atoms with Crippen molar-refractivity contribution in [1.82, 2.24) is 0 Å². The van der Waals surface area contributed by atoms with Crippen LogP contribution in [0.15, 0.2) is 22.4 Å². The highest BCUT2D eigenvalue weighted by atomic mass is 32.2. The Hall–Kier alpha value is -0.580. The van der Waals surface area contributed by atoms with Crippen LogP contribution < -0.4 is 0 Å². The van der Waals surface area contributed by atoms with Crippen LogP contribution >= 0.6 is 24.0 Å². The zero-order chi connectivity index (χ0) is 9.42. The Morgan fingerprint density at radius 2 is 2.23 bits per heavy atom. The lowest BCUT2D eigenvalue weighted by molar-refractivity contribution is 0.276. The second-order valence-corrected chi connectivity index (χ2v) is 4.54. The van der Waals surface area contributed by atoms with Gasteiger partial charge < -0.3 is 5.11 Å². The minimum absolute atomic E-state index is 0.262. The predicted molar refractivity (Wildman–Crippen MR) is 55.0 cm³/mol. The van der Waals surface area contributed by atoms with Crippen LogP contribution in [0.25, 0.3) is 10.1 Å². The summed E-state index contributed by atoms with van der Waals surface area (Å²) >= 11 is 5.43. The van der Waals surface area contributed by atoms with E-state index in [1.54, 1.807) is 12.1 Å². The Balaban J connectivity index is 2.78. The number of halogens is 1. The maximum atomic E-state index is 13.5. The maximum absolute atomic E-state index is 13.5. The summed E-state index contributed by atoms with van der Waals surface area (Å²) < 4.78 is 14.8. The third-order valence-electron chi connectivity index (χ3n) is 1.86. The lowest BCUT2D eigenvalue weighted by Crippen LogP contribution is -1.88. The van der Waals surface area contributed by atoms with Crippen molar-refractivity contribution in [2.45, 2.75) is 10.8 Å². The molecule has 1 aromatic heterocycles. The standard InChI is InChI=1S/C9H7FOS2/c10-8-6(4-11)2-1-5-3-7(12)13-9(5)8/h1-3,11-12H,4H2. The van der Waals surface area contributed by atoms with Gasteiger partial charge in [0.2, 0.25) is 0 Å². The van der Waals surface area contributed by atoms with E-state index < -0.39 is 0 Å². The molecule has 1 aromatic carbocycles. The highest BCUT2D eigenvalue weighted by Crippen LogP contribution is 2.31. The second kappa shape index (κ2) is 3.29. The molecule has 0 aliphatic rings. The van der Waals surface area contributed by atoms with Gasteiger partial charge in [0.15, 0.2) is 0 Å². The molecule has 0 saturated heterocycles. The Morgan fingerprint density at radius 3 is 2.92 bits per heavy atom. The SMILES string of the molecule is OCc1ccc2cc(S)sc2c1F. The molecule has 0 aliphatic heterocycles. The van der Waals surface area contributed by atoms with Crippen LogP contribution in [0, 0.1) is 5.82 Å². The molecule has 0 aliphatic carbocycles. The molecule has 0 unspecified atom stereocenters. The third kappa shape index (κ3) is 1.45. The molecule has 4 heteroatoms. The van der Waals surface area contributed by atoms with E-state index in [2.05, 4.69) is 12.6 Å².